The van der Waals surface area contributed by atoms with Crippen LogP contribution in [0.3, 0.4) is 0 Å². The average molecular weight is 368 g/mol. The molecule has 1 N–H and O–H groups in total. The van der Waals surface area contributed by atoms with E-state index in [0.717, 1.165) is 12.5 Å². The zero-order valence-electron chi connectivity index (χ0n) is 17.3. The maximum absolute atomic E-state index is 10.2. The molecule has 1 saturated heterocycles. The number of aromatic carboxylic acids is 1. The van der Waals surface area contributed by atoms with Crippen LogP contribution in [0, 0.1) is 5.92 Å². The van der Waals surface area contributed by atoms with Crippen molar-refractivity contribution in [3.05, 3.63) is 71.8 Å². The zero-order chi connectivity index (χ0) is 20.1. The molecule has 2 aromatic rings. The Kier molecular flexibility index (Phi) is 6.83. The van der Waals surface area contributed by atoms with Crippen LogP contribution in [0.15, 0.2) is 60.7 Å². The van der Waals surface area contributed by atoms with Crippen LogP contribution in [-0.2, 0) is 6.54 Å². The van der Waals surface area contributed by atoms with Gasteiger partial charge in [0.2, 0.25) is 0 Å². The predicted octanol–water partition coefficient (Wildman–Crippen LogP) is 5.86. The third-order valence-electron chi connectivity index (χ3n) is 5.36. The number of hydrogen-bond acceptors (Lipinski definition) is 2. The summed E-state index contributed by atoms with van der Waals surface area (Å²) in [6, 6.07) is 19.2. The van der Waals surface area contributed by atoms with Crippen molar-refractivity contribution in [2.75, 3.05) is 0 Å². The van der Waals surface area contributed by atoms with Crippen LogP contribution >= 0.6 is 0 Å². The Morgan fingerprint density at radius 1 is 0.926 bits per heavy atom. The standard InChI is InChI=1S/C17H27N.C7H6O2/c1-14-11-16(2,3)18(17(4,5)12-14)13-15-9-7-6-8-10-15;8-7(9)6-4-2-1-3-5-6/h6-10,14H,11-13H2,1-5H3;1-5H,(H,8,9). The molecule has 146 valence electrons. The number of carboxylic acids is 1. The van der Waals surface area contributed by atoms with Gasteiger partial charge in [0.1, 0.15) is 0 Å². The van der Waals surface area contributed by atoms with Crippen molar-refractivity contribution in [1.82, 2.24) is 4.90 Å². The predicted molar refractivity (Wildman–Crippen MR) is 112 cm³/mol. The topological polar surface area (TPSA) is 40.5 Å². The monoisotopic (exact) mass is 367 g/mol. The fourth-order valence-electron chi connectivity index (χ4n) is 4.59. The number of hydrogen-bond donors (Lipinski definition) is 1. The van der Waals surface area contributed by atoms with Crippen molar-refractivity contribution in [3.63, 3.8) is 0 Å². The van der Waals surface area contributed by atoms with Gasteiger partial charge in [-0.3, -0.25) is 4.90 Å². The Morgan fingerprint density at radius 3 is 1.78 bits per heavy atom. The third-order valence-corrected chi connectivity index (χ3v) is 5.36. The van der Waals surface area contributed by atoms with E-state index >= 15 is 0 Å². The lowest BCUT2D eigenvalue weighted by atomic mass is 9.74. The molecule has 0 aromatic heterocycles. The molecule has 0 bridgehead atoms. The molecule has 3 heteroatoms. The summed E-state index contributed by atoms with van der Waals surface area (Å²) in [5.41, 5.74) is 2.33. The van der Waals surface area contributed by atoms with E-state index in [1.807, 2.05) is 0 Å². The van der Waals surface area contributed by atoms with Gasteiger partial charge in [0, 0.05) is 17.6 Å². The number of benzene rings is 2. The van der Waals surface area contributed by atoms with Gasteiger partial charge < -0.3 is 5.11 Å². The first-order valence-electron chi connectivity index (χ1n) is 9.72. The van der Waals surface area contributed by atoms with Crippen molar-refractivity contribution < 1.29 is 9.90 Å². The summed E-state index contributed by atoms with van der Waals surface area (Å²) in [6.45, 7) is 13.0. The highest BCUT2D eigenvalue weighted by Gasteiger charge is 2.43. The normalized spacial score (nSPS) is 19.0. The molecule has 1 aliphatic heterocycles. The second-order valence-electron chi connectivity index (χ2n) is 8.88. The van der Waals surface area contributed by atoms with Gasteiger partial charge >= 0.3 is 5.97 Å². The van der Waals surface area contributed by atoms with Gasteiger partial charge in [0.05, 0.1) is 5.56 Å². The quantitative estimate of drug-likeness (QED) is 0.738. The lowest BCUT2D eigenvalue weighted by Gasteiger charge is -2.55. The van der Waals surface area contributed by atoms with Crippen molar-refractivity contribution in [3.8, 4) is 0 Å². The summed E-state index contributed by atoms with van der Waals surface area (Å²) in [5.74, 6) is -0.0578. The van der Waals surface area contributed by atoms with E-state index < -0.39 is 5.97 Å². The maximum atomic E-state index is 10.2. The first-order valence-corrected chi connectivity index (χ1v) is 9.72. The van der Waals surface area contributed by atoms with Crippen LogP contribution in [0.1, 0.15) is 63.4 Å². The van der Waals surface area contributed by atoms with Crippen LogP contribution in [0.25, 0.3) is 0 Å². The molecule has 0 aliphatic carbocycles. The second kappa shape index (κ2) is 8.71. The van der Waals surface area contributed by atoms with E-state index in [4.69, 9.17) is 5.11 Å². The van der Waals surface area contributed by atoms with Gasteiger partial charge in [-0.15, -0.1) is 0 Å². The largest absolute Gasteiger partial charge is 0.478 e. The van der Waals surface area contributed by atoms with Gasteiger partial charge in [-0.2, -0.15) is 0 Å². The molecule has 0 radical (unpaired) electrons. The number of nitrogens with zero attached hydrogens (tertiary/aromatic N) is 1. The molecule has 0 atom stereocenters. The first-order chi connectivity index (χ1) is 12.6. The highest BCUT2D eigenvalue weighted by Crippen LogP contribution is 2.41. The minimum Gasteiger partial charge on any atom is -0.478 e. The van der Waals surface area contributed by atoms with Crippen LogP contribution in [0.5, 0.6) is 0 Å². The molecule has 0 amide bonds. The molecule has 0 spiro atoms. The molecular weight excluding hydrogens is 334 g/mol. The molecule has 2 aromatic carbocycles. The molecule has 0 saturated carbocycles. The minimum absolute atomic E-state index is 0.289. The van der Waals surface area contributed by atoms with Crippen molar-refractivity contribution in [1.29, 1.82) is 0 Å². The van der Waals surface area contributed by atoms with E-state index in [1.165, 1.54) is 18.4 Å². The minimum atomic E-state index is -0.879. The highest BCUT2D eigenvalue weighted by molar-refractivity contribution is 5.87. The summed E-state index contributed by atoms with van der Waals surface area (Å²) in [4.78, 5) is 12.9. The van der Waals surface area contributed by atoms with E-state index in [0.29, 0.717) is 5.56 Å². The van der Waals surface area contributed by atoms with Gasteiger partial charge in [0.15, 0.2) is 0 Å². The summed E-state index contributed by atoms with van der Waals surface area (Å²) in [7, 11) is 0. The second-order valence-corrected chi connectivity index (χ2v) is 8.88. The first kappa shape index (κ1) is 21.2. The summed E-state index contributed by atoms with van der Waals surface area (Å²) < 4.78 is 0. The Balaban J connectivity index is 0.000000244. The highest BCUT2D eigenvalue weighted by atomic mass is 16.4. The molecule has 1 heterocycles. The van der Waals surface area contributed by atoms with Crippen LogP contribution < -0.4 is 0 Å². The SMILES string of the molecule is CC1CC(C)(C)N(Cc2ccccc2)C(C)(C)C1.O=C(O)c1ccccc1. The molecular formula is C24H33NO2. The van der Waals surface area contributed by atoms with Crippen molar-refractivity contribution in [2.45, 2.75) is 65.1 Å². The third kappa shape index (κ3) is 5.93. The fraction of sp³-hybridized carbons (Fsp3) is 0.458. The number of piperidine rings is 1. The number of carbonyl (C=O) groups is 1. The smallest absolute Gasteiger partial charge is 0.335 e. The fourth-order valence-corrected chi connectivity index (χ4v) is 4.59. The Bertz CT molecular complexity index is 705. The van der Waals surface area contributed by atoms with E-state index in [2.05, 4.69) is 69.9 Å². The number of likely N-dealkylation sites (tertiary alicyclic amines) is 1. The van der Waals surface area contributed by atoms with Gasteiger partial charge in [-0.05, 0) is 64.2 Å². The maximum Gasteiger partial charge on any atom is 0.335 e. The van der Waals surface area contributed by atoms with Crippen molar-refractivity contribution in [2.24, 2.45) is 5.92 Å². The van der Waals surface area contributed by atoms with Gasteiger partial charge in [-0.25, -0.2) is 4.79 Å². The van der Waals surface area contributed by atoms with Crippen LogP contribution in [0.4, 0.5) is 0 Å². The van der Waals surface area contributed by atoms with Gasteiger partial charge in [-0.1, -0.05) is 55.5 Å². The number of carboxylic acid groups (broad SMARTS) is 1. The summed E-state index contributed by atoms with van der Waals surface area (Å²) in [6.07, 6.45) is 2.59. The summed E-state index contributed by atoms with van der Waals surface area (Å²) in [5, 5.41) is 8.38. The van der Waals surface area contributed by atoms with Crippen LogP contribution in [-0.4, -0.2) is 27.1 Å². The Morgan fingerprint density at radius 2 is 1.37 bits per heavy atom. The molecule has 0 unspecified atom stereocenters. The van der Waals surface area contributed by atoms with E-state index in [9.17, 15) is 4.79 Å². The van der Waals surface area contributed by atoms with E-state index in [1.54, 1.807) is 30.3 Å². The van der Waals surface area contributed by atoms with Gasteiger partial charge in [0.25, 0.3) is 0 Å². The zero-order valence-corrected chi connectivity index (χ0v) is 17.3. The lowest BCUT2D eigenvalue weighted by molar-refractivity contribution is -0.0545. The lowest BCUT2D eigenvalue weighted by Crippen LogP contribution is -2.59. The van der Waals surface area contributed by atoms with Crippen LogP contribution in [0.2, 0.25) is 0 Å². The molecule has 27 heavy (non-hydrogen) atoms. The average Bonchev–Trinajstić information content (AvgIpc) is 2.59. The van der Waals surface area contributed by atoms with Crippen molar-refractivity contribution >= 4 is 5.97 Å². The Hall–Kier alpha value is -2.13. The Labute approximate surface area is 164 Å². The molecule has 1 fully saturated rings. The molecule has 3 nitrogen and oxygen atoms in total. The number of rotatable bonds is 3. The summed E-state index contributed by atoms with van der Waals surface area (Å²) >= 11 is 0. The molecule has 1 aliphatic rings. The molecule has 3 rings (SSSR count). The van der Waals surface area contributed by atoms with E-state index in [-0.39, 0.29) is 11.1 Å².